The fourth-order valence-electron chi connectivity index (χ4n) is 3.08. The molecular weight excluding hydrogens is 192 g/mol. The van der Waals surface area contributed by atoms with Gasteiger partial charge in [-0.2, -0.15) is 12.6 Å². The molecule has 2 heterocycles. The van der Waals surface area contributed by atoms with Crippen molar-refractivity contribution in [1.82, 2.24) is 9.80 Å². The topological polar surface area (TPSA) is 6.48 Å². The molecule has 1 spiro atoms. The van der Waals surface area contributed by atoms with E-state index < -0.39 is 0 Å². The van der Waals surface area contributed by atoms with Crippen LogP contribution >= 0.6 is 12.6 Å². The van der Waals surface area contributed by atoms with Gasteiger partial charge in [-0.25, -0.2) is 0 Å². The van der Waals surface area contributed by atoms with E-state index in [0.717, 1.165) is 0 Å². The molecule has 0 N–H and O–H groups in total. The van der Waals surface area contributed by atoms with E-state index in [4.69, 9.17) is 0 Å². The van der Waals surface area contributed by atoms with Crippen LogP contribution in [0.5, 0.6) is 0 Å². The Morgan fingerprint density at radius 3 is 2.57 bits per heavy atom. The lowest BCUT2D eigenvalue weighted by Gasteiger charge is -2.39. The third kappa shape index (κ3) is 2.10. The zero-order valence-corrected chi connectivity index (χ0v) is 10.3. The summed E-state index contributed by atoms with van der Waals surface area (Å²) in [4.78, 5) is 5.01. The summed E-state index contributed by atoms with van der Waals surface area (Å²) < 4.78 is 0. The van der Waals surface area contributed by atoms with Crippen LogP contribution in [-0.4, -0.2) is 48.4 Å². The predicted octanol–water partition coefficient (Wildman–Crippen LogP) is 1.68. The zero-order valence-electron chi connectivity index (χ0n) is 9.37. The van der Waals surface area contributed by atoms with Crippen molar-refractivity contribution in [2.75, 3.05) is 33.2 Å². The third-order valence-electron chi connectivity index (χ3n) is 3.85. The average molecular weight is 214 g/mol. The SMILES string of the molecule is CC(S)N1CCC2(CCCN(C)C2)C1. The molecule has 14 heavy (non-hydrogen) atoms. The number of nitrogens with zero attached hydrogens (tertiary/aromatic N) is 2. The summed E-state index contributed by atoms with van der Waals surface area (Å²) in [5.74, 6) is 0. The van der Waals surface area contributed by atoms with Crippen molar-refractivity contribution in [3.63, 3.8) is 0 Å². The van der Waals surface area contributed by atoms with E-state index in [9.17, 15) is 0 Å². The first-order valence-electron chi connectivity index (χ1n) is 5.72. The highest BCUT2D eigenvalue weighted by molar-refractivity contribution is 7.80. The van der Waals surface area contributed by atoms with Crippen molar-refractivity contribution in [2.45, 2.75) is 31.6 Å². The van der Waals surface area contributed by atoms with Crippen LogP contribution in [0.25, 0.3) is 0 Å². The van der Waals surface area contributed by atoms with Crippen molar-refractivity contribution in [2.24, 2.45) is 5.41 Å². The molecule has 2 aliphatic heterocycles. The smallest absolute Gasteiger partial charge is 0.0499 e. The van der Waals surface area contributed by atoms with E-state index in [0.29, 0.717) is 10.8 Å². The van der Waals surface area contributed by atoms with E-state index in [1.165, 1.54) is 45.4 Å². The molecule has 2 atom stereocenters. The van der Waals surface area contributed by atoms with Crippen molar-refractivity contribution < 1.29 is 0 Å². The van der Waals surface area contributed by atoms with Gasteiger partial charge >= 0.3 is 0 Å². The Bertz CT molecular complexity index is 207. The van der Waals surface area contributed by atoms with Crippen molar-refractivity contribution in [1.29, 1.82) is 0 Å². The Morgan fingerprint density at radius 2 is 2.00 bits per heavy atom. The molecule has 0 aromatic rings. The summed E-state index contributed by atoms with van der Waals surface area (Å²) in [5, 5.41) is 0.432. The molecule has 2 unspecified atom stereocenters. The molecule has 0 saturated carbocycles. The summed E-state index contributed by atoms with van der Waals surface area (Å²) in [6, 6.07) is 0. The van der Waals surface area contributed by atoms with E-state index in [2.05, 4.69) is 36.4 Å². The molecule has 0 radical (unpaired) electrons. The van der Waals surface area contributed by atoms with Gasteiger partial charge in [-0.1, -0.05) is 0 Å². The predicted molar refractivity (Wildman–Crippen MR) is 63.8 cm³/mol. The number of piperidine rings is 1. The van der Waals surface area contributed by atoms with Crippen LogP contribution in [0.1, 0.15) is 26.2 Å². The molecule has 2 aliphatic rings. The molecule has 82 valence electrons. The highest BCUT2D eigenvalue weighted by Crippen LogP contribution is 2.39. The monoisotopic (exact) mass is 214 g/mol. The van der Waals surface area contributed by atoms with E-state index in [1.54, 1.807) is 0 Å². The summed E-state index contributed by atoms with van der Waals surface area (Å²) in [5.41, 5.74) is 0.601. The van der Waals surface area contributed by atoms with Crippen LogP contribution in [0.2, 0.25) is 0 Å². The van der Waals surface area contributed by atoms with Gasteiger partial charge in [0, 0.05) is 18.5 Å². The van der Waals surface area contributed by atoms with Gasteiger partial charge in [0.05, 0.1) is 0 Å². The quantitative estimate of drug-likeness (QED) is 0.664. The van der Waals surface area contributed by atoms with E-state index in [1.807, 2.05) is 0 Å². The maximum absolute atomic E-state index is 4.53. The molecule has 0 aromatic heterocycles. The second-order valence-electron chi connectivity index (χ2n) is 5.19. The first-order chi connectivity index (χ1) is 6.61. The van der Waals surface area contributed by atoms with Gasteiger partial charge in [-0.05, 0) is 51.7 Å². The second kappa shape index (κ2) is 4.03. The highest BCUT2D eigenvalue weighted by atomic mass is 32.1. The van der Waals surface area contributed by atoms with Gasteiger partial charge in [-0.15, -0.1) is 0 Å². The minimum absolute atomic E-state index is 0.432. The van der Waals surface area contributed by atoms with Crippen molar-refractivity contribution in [3.8, 4) is 0 Å². The van der Waals surface area contributed by atoms with Crippen LogP contribution in [0.4, 0.5) is 0 Å². The van der Waals surface area contributed by atoms with Crippen LogP contribution in [0.15, 0.2) is 0 Å². The summed E-state index contributed by atoms with van der Waals surface area (Å²) in [7, 11) is 2.26. The molecule has 2 fully saturated rings. The Hall–Kier alpha value is 0.270. The second-order valence-corrected chi connectivity index (χ2v) is 5.94. The maximum Gasteiger partial charge on any atom is 0.0499 e. The summed E-state index contributed by atoms with van der Waals surface area (Å²) >= 11 is 4.53. The van der Waals surface area contributed by atoms with Crippen molar-refractivity contribution >= 4 is 12.6 Å². The molecule has 2 nitrogen and oxygen atoms in total. The molecular formula is C11H22N2S. The Balaban J connectivity index is 1.97. The standard InChI is InChI=1S/C11H22N2S/c1-10(14)13-7-5-11(9-13)4-3-6-12(2)8-11/h10,14H,3-9H2,1-2H3. The van der Waals surface area contributed by atoms with Crippen LogP contribution in [0.3, 0.4) is 0 Å². The normalized spacial score (nSPS) is 37.9. The minimum atomic E-state index is 0.432. The molecule has 0 aliphatic carbocycles. The van der Waals surface area contributed by atoms with Crippen LogP contribution in [-0.2, 0) is 0 Å². The number of hydrogen-bond donors (Lipinski definition) is 1. The van der Waals surface area contributed by atoms with E-state index in [-0.39, 0.29) is 0 Å². The first-order valence-corrected chi connectivity index (χ1v) is 6.24. The van der Waals surface area contributed by atoms with Crippen LogP contribution in [0, 0.1) is 5.41 Å². The lowest BCUT2D eigenvalue weighted by molar-refractivity contribution is 0.112. The average Bonchev–Trinajstić information content (AvgIpc) is 2.49. The first kappa shape index (κ1) is 10.8. The number of likely N-dealkylation sites (tertiary alicyclic amines) is 2. The lowest BCUT2D eigenvalue weighted by atomic mass is 9.79. The molecule has 2 rings (SSSR count). The Kier molecular flexibility index (Phi) is 3.10. The molecule has 0 bridgehead atoms. The molecule has 2 saturated heterocycles. The highest BCUT2D eigenvalue weighted by Gasteiger charge is 2.41. The van der Waals surface area contributed by atoms with Crippen LogP contribution < -0.4 is 0 Å². The fourth-order valence-corrected chi connectivity index (χ4v) is 3.27. The molecule has 3 heteroatoms. The number of hydrogen-bond acceptors (Lipinski definition) is 3. The molecule has 0 amide bonds. The van der Waals surface area contributed by atoms with E-state index >= 15 is 0 Å². The fraction of sp³-hybridized carbons (Fsp3) is 1.00. The third-order valence-corrected chi connectivity index (χ3v) is 4.18. The van der Waals surface area contributed by atoms with Gasteiger partial charge in [0.1, 0.15) is 0 Å². The lowest BCUT2D eigenvalue weighted by Crippen LogP contribution is -2.43. The molecule has 0 aromatic carbocycles. The zero-order chi connectivity index (χ0) is 10.2. The number of rotatable bonds is 1. The van der Waals surface area contributed by atoms with Gasteiger partial charge in [0.15, 0.2) is 0 Å². The van der Waals surface area contributed by atoms with Gasteiger partial charge in [0.2, 0.25) is 0 Å². The van der Waals surface area contributed by atoms with Gasteiger partial charge in [-0.3, -0.25) is 4.90 Å². The van der Waals surface area contributed by atoms with Gasteiger partial charge in [0.25, 0.3) is 0 Å². The Labute approximate surface area is 93.1 Å². The van der Waals surface area contributed by atoms with Crippen molar-refractivity contribution in [3.05, 3.63) is 0 Å². The number of thiol groups is 1. The van der Waals surface area contributed by atoms with Gasteiger partial charge < -0.3 is 4.90 Å². The largest absolute Gasteiger partial charge is 0.306 e. The Morgan fingerprint density at radius 1 is 1.21 bits per heavy atom. The summed E-state index contributed by atoms with van der Waals surface area (Å²) in [6.45, 7) is 7.29. The minimum Gasteiger partial charge on any atom is -0.306 e. The summed E-state index contributed by atoms with van der Waals surface area (Å²) in [6.07, 6.45) is 4.18. The maximum atomic E-state index is 4.53.